The van der Waals surface area contributed by atoms with E-state index in [1.165, 1.54) is 18.3 Å². The van der Waals surface area contributed by atoms with Crippen molar-refractivity contribution in [2.75, 3.05) is 6.61 Å². The number of benzene rings is 3. The maximum Gasteiger partial charge on any atom is 0.313 e. The zero-order valence-corrected chi connectivity index (χ0v) is 17.6. The summed E-state index contributed by atoms with van der Waals surface area (Å²) in [6.45, 7) is -0.396. The second-order valence-corrected chi connectivity index (χ2v) is 7.14. The van der Waals surface area contributed by atoms with E-state index in [0.29, 0.717) is 22.3 Å². The second-order valence-electron chi connectivity index (χ2n) is 6.73. The summed E-state index contributed by atoms with van der Waals surface area (Å²) in [5.74, 6) is 0.0972. The molecule has 3 aromatic carbocycles. The van der Waals surface area contributed by atoms with Crippen molar-refractivity contribution in [3.05, 3.63) is 97.8 Å². The maximum atomic E-state index is 13.2. The smallest absolute Gasteiger partial charge is 0.313 e. The Bertz CT molecular complexity index is 1490. The second kappa shape index (κ2) is 9.30. The van der Waals surface area contributed by atoms with E-state index in [4.69, 9.17) is 21.6 Å². The number of aromatic nitrogens is 2. The van der Waals surface area contributed by atoms with E-state index in [1.807, 2.05) is 18.2 Å². The van der Waals surface area contributed by atoms with E-state index < -0.39 is 22.8 Å². The number of para-hydroxylation sites is 1. The Morgan fingerprint density at radius 2 is 1.91 bits per heavy atom. The van der Waals surface area contributed by atoms with Gasteiger partial charge in [0.15, 0.2) is 12.4 Å². The molecular weight excluding hydrogens is 446 g/mol. The fourth-order valence-electron chi connectivity index (χ4n) is 3.19. The van der Waals surface area contributed by atoms with Crippen molar-refractivity contribution in [3.63, 3.8) is 0 Å². The number of nitrogens with zero attached hydrogens (tertiary/aromatic N) is 5. The first-order valence-electron chi connectivity index (χ1n) is 9.59. The van der Waals surface area contributed by atoms with Gasteiger partial charge < -0.3 is 4.74 Å². The highest BCUT2D eigenvalue weighted by atomic mass is 35.5. The lowest BCUT2D eigenvalue weighted by atomic mass is 10.2. The Labute approximate surface area is 191 Å². The van der Waals surface area contributed by atoms with Crippen molar-refractivity contribution in [1.29, 1.82) is 5.26 Å². The fourth-order valence-corrected chi connectivity index (χ4v) is 3.46. The van der Waals surface area contributed by atoms with Gasteiger partial charge in [0.25, 0.3) is 5.56 Å². The Morgan fingerprint density at radius 3 is 2.64 bits per heavy atom. The highest BCUT2D eigenvalue weighted by Crippen LogP contribution is 2.35. The minimum atomic E-state index is -0.672. The Balaban J connectivity index is 1.86. The van der Waals surface area contributed by atoms with Gasteiger partial charge in [-0.15, -0.1) is 0 Å². The number of fused-ring (bicyclic) bond motifs is 1. The Morgan fingerprint density at radius 1 is 1.18 bits per heavy atom. The number of hydrogen-bond acceptors (Lipinski definition) is 7. The quantitative estimate of drug-likeness (QED) is 0.239. The van der Waals surface area contributed by atoms with Gasteiger partial charge in [-0.25, -0.2) is 4.98 Å². The summed E-state index contributed by atoms with van der Waals surface area (Å²) >= 11 is 6.15. The number of ether oxygens (including phenoxy) is 1. The van der Waals surface area contributed by atoms with Gasteiger partial charge in [0.2, 0.25) is 5.75 Å². The van der Waals surface area contributed by atoms with Gasteiger partial charge >= 0.3 is 5.69 Å². The minimum Gasteiger partial charge on any atom is -0.470 e. The molecule has 0 fully saturated rings. The summed E-state index contributed by atoms with van der Waals surface area (Å²) in [7, 11) is 0. The van der Waals surface area contributed by atoms with Gasteiger partial charge in [-0.2, -0.15) is 15.0 Å². The fraction of sp³-hybridized carbons (Fsp3) is 0.0435. The van der Waals surface area contributed by atoms with Crippen LogP contribution in [-0.2, 0) is 0 Å². The molecule has 0 atom stereocenters. The van der Waals surface area contributed by atoms with Crippen molar-refractivity contribution in [2.24, 2.45) is 5.10 Å². The molecule has 0 saturated carbocycles. The summed E-state index contributed by atoms with van der Waals surface area (Å²) < 4.78 is 6.23. The van der Waals surface area contributed by atoms with Crippen LogP contribution in [0.1, 0.15) is 5.56 Å². The average molecular weight is 460 g/mol. The number of hydrogen-bond donors (Lipinski definition) is 0. The van der Waals surface area contributed by atoms with E-state index in [0.717, 1.165) is 4.68 Å². The van der Waals surface area contributed by atoms with Crippen LogP contribution < -0.4 is 10.3 Å². The van der Waals surface area contributed by atoms with Crippen LogP contribution in [0.5, 0.6) is 5.75 Å². The molecule has 4 rings (SSSR count). The van der Waals surface area contributed by atoms with Gasteiger partial charge in [-0.05, 0) is 18.2 Å². The molecular formula is C23H14ClN5O4. The van der Waals surface area contributed by atoms with E-state index >= 15 is 0 Å². The van der Waals surface area contributed by atoms with Crippen molar-refractivity contribution in [1.82, 2.24) is 9.66 Å². The van der Waals surface area contributed by atoms with Gasteiger partial charge in [0, 0.05) is 17.2 Å². The number of halogens is 1. The van der Waals surface area contributed by atoms with Crippen LogP contribution in [-0.4, -0.2) is 27.4 Å². The van der Waals surface area contributed by atoms with Crippen molar-refractivity contribution in [3.8, 4) is 23.2 Å². The Kier molecular flexibility index (Phi) is 6.11. The van der Waals surface area contributed by atoms with E-state index in [2.05, 4.69) is 10.1 Å². The third-order valence-electron chi connectivity index (χ3n) is 4.63. The first-order valence-corrected chi connectivity index (χ1v) is 9.96. The van der Waals surface area contributed by atoms with Gasteiger partial charge in [0.05, 0.1) is 27.1 Å². The number of nitriles is 1. The number of nitro groups is 1. The minimum absolute atomic E-state index is 0.0619. The van der Waals surface area contributed by atoms with Crippen molar-refractivity contribution < 1.29 is 9.66 Å². The summed E-state index contributed by atoms with van der Waals surface area (Å²) in [5.41, 5.74) is 0.624. The van der Waals surface area contributed by atoms with Crippen LogP contribution in [0.15, 0.2) is 76.6 Å². The summed E-state index contributed by atoms with van der Waals surface area (Å²) in [6, 6.07) is 20.3. The van der Waals surface area contributed by atoms with Crippen LogP contribution in [0.4, 0.5) is 5.69 Å². The van der Waals surface area contributed by atoms with E-state index in [1.54, 1.807) is 42.5 Å². The van der Waals surface area contributed by atoms with Crippen LogP contribution >= 0.6 is 11.6 Å². The highest BCUT2D eigenvalue weighted by molar-refractivity contribution is 6.32. The maximum absolute atomic E-state index is 13.2. The standard InChI is InChI=1S/C23H14ClN5O4/c24-18-12-15(13-20(29(31)32)21(18)33-11-10-25)14-26-28-22(16-6-2-1-3-7-16)27-19-9-5-4-8-17(19)23(28)30/h1-9,12-14H,11H2. The zero-order chi connectivity index (χ0) is 23.4. The first-order chi connectivity index (χ1) is 16.0. The molecule has 162 valence electrons. The van der Waals surface area contributed by atoms with E-state index in [-0.39, 0.29) is 16.3 Å². The molecule has 0 radical (unpaired) electrons. The van der Waals surface area contributed by atoms with Gasteiger partial charge in [-0.1, -0.05) is 54.1 Å². The largest absolute Gasteiger partial charge is 0.470 e. The van der Waals surface area contributed by atoms with Crippen molar-refractivity contribution in [2.45, 2.75) is 0 Å². The molecule has 33 heavy (non-hydrogen) atoms. The normalized spacial score (nSPS) is 10.9. The SMILES string of the molecule is N#CCOc1c(Cl)cc(C=Nn2c(-c3ccccc3)nc3ccccc3c2=O)cc1[N+](=O)[O-]. The third kappa shape index (κ3) is 4.42. The molecule has 9 nitrogen and oxygen atoms in total. The average Bonchev–Trinajstić information content (AvgIpc) is 2.83. The monoisotopic (exact) mass is 459 g/mol. The summed E-state index contributed by atoms with van der Waals surface area (Å²) in [6.07, 6.45) is 1.28. The lowest BCUT2D eigenvalue weighted by Gasteiger charge is -2.10. The molecule has 1 heterocycles. The molecule has 0 bridgehead atoms. The molecule has 0 amide bonds. The van der Waals surface area contributed by atoms with Gasteiger partial charge in [0.1, 0.15) is 6.07 Å². The molecule has 10 heteroatoms. The highest BCUT2D eigenvalue weighted by Gasteiger charge is 2.20. The van der Waals surface area contributed by atoms with Crippen LogP contribution in [0.3, 0.4) is 0 Å². The number of nitro benzene ring substituents is 1. The summed E-state index contributed by atoms with van der Waals surface area (Å²) in [4.78, 5) is 28.6. The van der Waals surface area contributed by atoms with Gasteiger partial charge in [-0.3, -0.25) is 14.9 Å². The summed E-state index contributed by atoms with van der Waals surface area (Å²) in [5, 5.41) is 24.8. The number of rotatable bonds is 6. The topological polar surface area (TPSA) is 123 Å². The molecule has 0 spiro atoms. The predicted molar refractivity (Wildman–Crippen MR) is 124 cm³/mol. The molecule has 0 aliphatic rings. The van der Waals surface area contributed by atoms with Crippen LogP contribution in [0, 0.1) is 21.4 Å². The lowest BCUT2D eigenvalue weighted by Crippen LogP contribution is -2.20. The molecule has 0 saturated heterocycles. The molecule has 0 N–H and O–H groups in total. The molecule has 1 aromatic heterocycles. The molecule has 0 aliphatic carbocycles. The molecule has 0 aliphatic heterocycles. The lowest BCUT2D eigenvalue weighted by molar-refractivity contribution is -0.385. The van der Waals surface area contributed by atoms with Crippen molar-refractivity contribution >= 4 is 34.4 Å². The van der Waals surface area contributed by atoms with Crippen LogP contribution in [0.2, 0.25) is 5.02 Å². The zero-order valence-electron chi connectivity index (χ0n) is 16.9. The molecule has 4 aromatic rings. The molecule has 0 unspecified atom stereocenters. The van der Waals surface area contributed by atoms with E-state index in [9.17, 15) is 14.9 Å². The predicted octanol–water partition coefficient (Wildman–Crippen LogP) is 4.41. The van der Waals surface area contributed by atoms with Crippen LogP contribution in [0.25, 0.3) is 22.3 Å². The Hall–Kier alpha value is -4.55. The first kappa shape index (κ1) is 21.7. The third-order valence-corrected chi connectivity index (χ3v) is 4.91.